The van der Waals surface area contributed by atoms with Crippen molar-refractivity contribution in [3.63, 3.8) is 0 Å². The minimum absolute atomic E-state index is 1.03. The van der Waals surface area contributed by atoms with Crippen LogP contribution in [-0.2, 0) is 9.59 Å². The van der Waals surface area contributed by atoms with Crippen molar-refractivity contribution in [1.29, 1.82) is 0 Å². The number of carboxylic acid groups (broad SMARTS) is 1. The van der Waals surface area contributed by atoms with Gasteiger partial charge in [-0.1, -0.05) is 0 Å². The highest BCUT2D eigenvalue weighted by molar-refractivity contribution is 6.16. The van der Waals surface area contributed by atoms with E-state index in [1.54, 1.807) is 5.32 Å². The van der Waals surface area contributed by atoms with E-state index in [-0.39, 0.29) is 0 Å². The number of hydrogen-bond donors (Lipinski definition) is 4. The van der Waals surface area contributed by atoms with Gasteiger partial charge in [0.25, 0.3) is 5.91 Å². The summed E-state index contributed by atoms with van der Waals surface area (Å²) in [5.74, 6) is -3.10. The van der Waals surface area contributed by atoms with E-state index in [1.807, 2.05) is 0 Å². The maximum Gasteiger partial charge on any atom is 0.367 e. The molecule has 1 atom stereocenters. The molecule has 60 valence electrons. The molecule has 0 saturated carbocycles. The van der Waals surface area contributed by atoms with Gasteiger partial charge in [0.2, 0.25) is 0 Å². The highest BCUT2D eigenvalue weighted by Crippen LogP contribution is 2.05. The predicted octanol–water partition coefficient (Wildman–Crippen LogP) is -2.40. The highest BCUT2D eigenvalue weighted by atomic mass is 16.4. The van der Waals surface area contributed by atoms with Crippen molar-refractivity contribution in [3.05, 3.63) is 0 Å². The molecule has 0 aromatic carbocycles. The molecule has 0 aromatic rings. The summed E-state index contributed by atoms with van der Waals surface area (Å²) in [7, 11) is 0. The van der Waals surface area contributed by atoms with Gasteiger partial charge >= 0.3 is 17.7 Å². The Morgan fingerprint density at radius 2 is 2.00 bits per heavy atom. The van der Waals surface area contributed by atoms with Crippen LogP contribution in [-0.4, -0.2) is 33.8 Å². The van der Waals surface area contributed by atoms with Crippen molar-refractivity contribution < 1.29 is 24.6 Å². The summed E-state index contributed by atoms with van der Waals surface area (Å²) < 4.78 is 0. The molecule has 1 fully saturated rings. The summed E-state index contributed by atoms with van der Waals surface area (Å²) in [4.78, 5) is 31.0. The van der Waals surface area contributed by atoms with Crippen molar-refractivity contribution in [2.45, 2.75) is 5.72 Å². The van der Waals surface area contributed by atoms with Crippen LogP contribution in [0.15, 0.2) is 0 Å². The Bertz CT molecular complexity index is 249. The second-order valence-corrected chi connectivity index (χ2v) is 1.92. The molecule has 0 radical (unpaired) electrons. The smallest absolute Gasteiger partial charge is 0.367 e. The van der Waals surface area contributed by atoms with Crippen LogP contribution in [0.4, 0.5) is 4.79 Å². The fourth-order valence-electron chi connectivity index (χ4n) is 0.596. The minimum atomic E-state index is -2.81. The first-order valence-corrected chi connectivity index (χ1v) is 2.56. The number of aliphatic carboxylic acids is 1. The number of carboxylic acids is 1. The van der Waals surface area contributed by atoms with Gasteiger partial charge in [0.1, 0.15) is 0 Å². The third kappa shape index (κ3) is 0.905. The molecule has 0 spiro atoms. The molecule has 1 heterocycles. The Kier molecular flexibility index (Phi) is 1.31. The third-order valence-electron chi connectivity index (χ3n) is 1.16. The molecular formula is C4H4N2O5. The number of rotatable bonds is 1. The van der Waals surface area contributed by atoms with Gasteiger partial charge in [-0.3, -0.25) is 15.4 Å². The molecule has 1 rings (SSSR count). The second kappa shape index (κ2) is 1.92. The normalized spacial score (nSPS) is 29.5. The topological polar surface area (TPSA) is 116 Å². The zero-order chi connectivity index (χ0) is 8.65. The first-order valence-electron chi connectivity index (χ1n) is 2.56. The number of aliphatic hydroxyl groups is 1. The van der Waals surface area contributed by atoms with Crippen molar-refractivity contribution >= 4 is 17.9 Å². The van der Waals surface area contributed by atoms with E-state index in [9.17, 15) is 14.4 Å². The van der Waals surface area contributed by atoms with Gasteiger partial charge in [0.15, 0.2) is 0 Å². The van der Waals surface area contributed by atoms with Gasteiger partial charge in [-0.2, -0.15) is 0 Å². The van der Waals surface area contributed by atoms with Crippen molar-refractivity contribution in [1.82, 2.24) is 10.6 Å². The van der Waals surface area contributed by atoms with Gasteiger partial charge < -0.3 is 10.2 Å². The maximum atomic E-state index is 10.5. The molecule has 1 aliphatic heterocycles. The quantitative estimate of drug-likeness (QED) is 0.252. The average molecular weight is 160 g/mol. The van der Waals surface area contributed by atoms with Gasteiger partial charge in [-0.05, 0) is 0 Å². The fraction of sp³-hybridized carbons (Fsp3) is 0.250. The molecule has 3 amide bonds. The third-order valence-corrected chi connectivity index (χ3v) is 1.16. The monoisotopic (exact) mass is 160 g/mol. The van der Waals surface area contributed by atoms with Crippen LogP contribution in [0.3, 0.4) is 0 Å². The van der Waals surface area contributed by atoms with E-state index >= 15 is 0 Å². The lowest BCUT2D eigenvalue weighted by Crippen LogP contribution is -2.53. The number of urea groups is 1. The summed E-state index contributed by atoms with van der Waals surface area (Å²) in [5, 5.41) is 20.2. The van der Waals surface area contributed by atoms with Crippen LogP contribution in [0.5, 0.6) is 0 Å². The lowest BCUT2D eigenvalue weighted by atomic mass is 10.2. The Morgan fingerprint density at radius 1 is 1.45 bits per heavy atom. The highest BCUT2D eigenvalue weighted by Gasteiger charge is 2.51. The molecule has 4 N–H and O–H groups in total. The van der Waals surface area contributed by atoms with E-state index in [0.29, 0.717) is 0 Å². The first-order chi connectivity index (χ1) is 4.97. The van der Waals surface area contributed by atoms with Crippen LogP contribution in [0.1, 0.15) is 0 Å². The summed E-state index contributed by atoms with van der Waals surface area (Å²) in [6.45, 7) is 0. The number of amides is 3. The number of carbonyl (C=O) groups excluding carboxylic acids is 2. The molecule has 7 nitrogen and oxygen atoms in total. The van der Waals surface area contributed by atoms with E-state index in [4.69, 9.17) is 10.2 Å². The summed E-state index contributed by atoms with van der Waals surface area (Å²) in [6.07, 6.45) is 0. The van der Waals surface area contributed by atoms with Crippen LogP contribution >= 0.6 is 0 Å². The molecule has 1 unspecified atom stereocenters. The molecular weight excluding hydrogens is 156 g/mol. The Labute approximate surface area is 60.0 Å². The van der Waals surface area contributed by atoms with E-state index < -0.39 is 23.6 Å². The van der Waals surface area contributed by atoms with Crippen molar-refractivity contribution in [2.75, 3.05) is 0 Å². The van der Waals surface area contributed by atoms with Crippen molar-refractivity contribution in [2.24, 2.45) is 0 Å². The zero-order valence-corrected chi connectivity index (χ0v) is 5.12. The minimum Gasteiger partial charge on any atom is -0.477 e. The van der Waals surface area contributed by atoms with Gasteiger partial charge in [0.05, 0.1) is 0 Å². The maximum absolute atomic E-state index is 10.5. The van der Waals surface area contributed by atoms with Gasteiger partial charge in [0, 0.05) is 0 Å². The van der Waals surface area contributed by atoms with Crippen LogP contribution < -0.4 is 10.6 Å². The Balaban J connectivity index is 2.96. The average Bonchev–Trinajstić information content (AvgIpc) is 2.08. The summed E-state index contributed by atoms with van der Waals surface area (Å²) >= 11 is 0. The molecule has 0 aromatic heterocycles. The lowest BCUT2D eigenvalue weighted by molar-refractivity contribution is -0.165. The van der Waals surface area contributed by atoms with E-state index in [0.717, 1.165) is 0 Å². The molecule has 0 aliphatic carbocycles. The Morgan fingerprint density at radius 3 is 2.18 bits per heavy atom. The van der Waals surface area contributed by atoms with Crippen molar-refractivity contribution in [3.8, 4) is 0 Å². The number of hydrogen-bond acceptors (Lipinski definition) is 4. The number of carbonyl (C=O) groups is 3. The predicted molar refractivity (Wildman–Crippen MR) is 29.3 cm³/mol. The molecule has 11 heavy (non-hydrogen) atoms. The van der Waals surface area contributed by atoms with E-state index in [1.165, 1.54) is 5.32 Å². The van der Waals surface area contributed by atoms with Crippen LogP contribution in [0, 0.1) is 0 Å². The standard InChI is InChI=1S/C4H4N2O5/c7-1-4(11,2(8)9)6-3(10)5-1/h11H,(H,8,9)(H2,5,6,7,10). The van der Waals surface area contributed by atoms with E-state index in [2.05, 4.69) is 0 Å². The van der Waals surface area contributed by atoms with Gasteiger partial charge in [-0.25, -0.2) is 9.59 Å². The molecule has 1 saturated heterocycles. The number of nitrogens with one attached hydrogen (secondary N) is 2. The SMILES string of the molecule is O=C1NC(=O)C(O)(C(=O)O)N1. The van der Waals surface area contributed by atoms with Gasteiger partial charge in [-0.15, -0.1) is 0 Å². The second-order valence-electron chi connectivity index (χ2n) is 1.92. The summed E-state index contributed by atoms with van der Waals surface area (Å²) in [6, 6.07) is -1.03. The Hall–Kier alpha value is -1.63. The zero-order valence-electron chi connectivity index (χ0n) is 5.12. The summed E-state index contributed by atoms with van der Waals surface area (Å²) in [5.41, 5.74) is -2.81. The molecule has 7 heteroatoms. The fourth-order valence-corrected chi connectivity index (χ4v) is 0.596. The first kappa shape index (κ1) is 7.48. The molecule has 1 aliphatic rings. The largest absolute Gasteiger partial charge is 0.477 e. The molecule has 0 bridgehead atoms. The van der Waals surface area contributed by atoms with Crippen LogP contribution in [0.2, 0.25) is 0 Å². The van der Waals surface area contributed by atoms with Crippen LogP contribution in [0.25, 0.3) is 0 Å². The number of imide groups is 1. The lowest BCUT2D eigenvalue weighted by Gasteiger charge is -2.11.